The van der Waals surface area contributed by atoms with Gasteiger partial charge < -0.3 is 0 Å². The zero-order chi connectivity index (χ0) is 15.7. The fourth-order valence-corrected chi connectivity index (χ4v) is 2.21. The van der Waals surface area contributed by atoms with E-state index in [0.717, 1.165) is 6.21 Å². The van der Waals surface area contributed by atoms with Crippen molar-refractivity contribution in [2.45, 2.75) is 0 Å². The van der Waals surface area contributed by atoms with E-state index in [4.69, 9.17) is 11.6 Å². The number of benzene rings is 2. The van der Waals surface area contributed by atoms with Crippen LogP contribution in [0.1, 0.15) is 31.1 Å². The number of hydrogen-bond acceptors (Lipinski definition) is 4. The Hall–Kier alpha value is -2.79. The number of carbonyl (C=O) groups is 3. The Bertz CT molecular complexity index is 777. The van der Waals surface area contributed by atoms with Gasteiger partial charge in [-0.1, -0.05) is 23.7 Å². The summed E-state index contributed by atoms with van der Waals surface area (Å²) in [6, 6.07) is 12.7. The largest absolute Gasteiger partial charge is 0.287 e. The lowest BCUT2D eigenvalue weighted by atomic mass is 10.1. The molecule has 1 aliphatic heterocycles. The number of fused-ring (bicyclic) bond motifs is 1. The van der Waals surface area contributed by atoms with E-state index in [1.165, 1.54) is 0 Å². The van der Waals surface area contributed by atoms with Crippen molar-refractivity contribution in [2.75, 3.05) is 0 Å². The lowest BCUT2D eigenvalue weighted by Crippen LogP contribution is -2.24. The third-order valence-corrected chi connectivity index (χ3v) is 3.44. The number of hydrogen-bond donors (Lipinski definition) is 0. The van der Waals surface area contributed by atoms with Crippen LogP contribution in [-0.2, 0) is 0 Å². The Morgan fingerprint density at radius 1 is 0.955 bits per heavy atom. The van der Waals surface area contributed by atoms with E-state index in [1.54, 1.807) is 48.5 Å². The van der Waals surface area contributed by atoms with Gasteiger partial charge in [-0.05, 0) is 36.4 Å². The maximum atomic E-state index is 12.1. The van der Waals surface area contributed by atoms with Gasteiger partial charge in [0.25, 0.3) is 11.8 Å². The van der Waals surface area contributed by atoms with Crippen molar-refractivity contribution in [2.24, 2.45) is 5.10 Å². The first kappa shape index (κ1) is 14.2. The molecule has 3 rings (SSSR count). The summed E-state index contributed by atoms with van der Waals surface area (Å²) in [6.07, 6.45) is 0.949. The van der Waals surface area contributed by atoms with Crippen molar-refractivity contribution in [3.8, 4) is 0 Å². The van der Waals surface area contributed by atoms with E-state index in [-0.39, 0.29) is 11.1 Å². The molecule has 0 N–H and O–H groups in total. The SMILES string of the molecule is O=C(/C=N/N1C(=O)c2ccccc2C1=O)c1ccc(Cl)cc1. The number of halogens is 1. The van der Waals surface area contributed by atoms with Crippen LogP contribution in [0.25, 0.3) is 0 Å². The predicted octanol–water partition coefficient (Wildman–Crippen LogP) is 2.80. The topological polar surface area (TPSA) is 66.8 Å². The van der Waals surface area contributed by atoms with E-state index in [2.05, 4.69) is 5.10 Å². The van der Waals surface area contributed by atoms with Gasteiger partial charge in [0.05, 0.1) is 17.3 Å². The molecule has 0 saturated carbocycles. The number of carbonyl (C=O) groups excluding carboxylic acids is 3. The fraction of sp³-hybridized carbons (Fsp3) is 0. The van der Waals surface area contributed by atoms with Gasteiger partial charge in [-0.25, -0.2) is 0 Å². The Morgan fingerprint density at radius 3 is 2.05 bits per heavy atom. The van der Waals surface area contributed by atoms with Crippen LogP contribution in [0.2, 0.25) is 5.02 Å². The Kier molecular flexibility index (Phi) is 3.56. The molecule has 1 heterocycles. The van der Waals surface area contributed by atoms with Crippen LogP contribution in [0.5, 0.6) is 0 Å². The second kappa shape index (κ2) is 5.54. The highest BCUT2D eigenvalue weighted by Gasteiger charge is 2.35. The van der Waals surface area contributed by atoms with Crippen molar-refractivity contribution in [3.63, 3.8) is 0 Å². The molecule has 0 spiro atoms. The summed E-state index contributed by atoms with van der Waals surface area (Å²) < 4.78 is 0. The van der Waals surface area contributed by atoms with Crippen molar-refractivity contribution in [1.29, 1.82) is 0 Å². The molecule has 22 heavy (non-hydrogen) atoms. The van der Waals surface area contributed by atoms with Gasteiger partial charge in [-0.15, -0.1) is 0 Å². The molecule has 0 radical (unpaired) electrons. The van der Waals surface area contributed by atoms with Crippen molar-refractivity contribution < 1.29 is 14.4 Å². The normalized spacial score (nSPS) is 13.8. The summed E-state index contributed by atoms with van der Waals surface area (Å²) >= 11 is 5.74. The molecule has 0 saturated heterocycles. The lowest BCUT2D eigenvalue weighted by Gasteiger charge is -2.05. The summed E-state index contributed by atoms with van der Waals surface area (Å²) in [5.74, 6) is -1.50. The summed E-state index contributed by atoms with van der Waals surface area (Å²) in [5.41, 5.74) is 0.928. The van der Waals surface area contributed by atoms with E-state index < -0.39 is 17.6 Å². The first-order valence-electron chi connectivity index (χ1n) is 6.39. The summed E-state index contributed by atoms with van der Waals surface area (Å²) in [4.78, 5) is 36.1. The summed E-state index contributed by atoms with van der Waals surface area (Å²) in [6.45, 7) is 0. The smallest absolute Gasteiger partial charge is 0.282 e. The molecule has 0 unspecified atom stereocenters. The number of rotatable bonds is 3. The van der Waals surface area contributed by atoms with Gasteiger partial charge in [0.1, 0.15) is 0 Å². The van der Waals surface area contributed by atoms with Crippen LogP contribution in [0, 0.1) is 0 Å². The van der Waals surface area contributed by atoms with Crippen LogP contribution in [-0.4, -0.2) is 28.8 Å². The number of ketones is 1. The predicted molar refractivity (Wildman–Crippen MR) is 81.2 cm³/mol. The number of hydrazone groups is 1. The van der Waals surface area contributed by atoms with Gasteiger partial charge in [0.15, 0.2) is 0 Å². The minimum atomic E-state index is -0.541. The third kappa shape index (κ3) is 2.42. The molecule has 2 aromatic rings. The highest BCUT2D eigenvalue weighted by Crippen LogP contribution is 2.22. The van der Waals surface area contributed by atoms with Crippen LogP contribution < -0.4 is 0 Å². The second-order valence-corrected chi connectivity index (χ2v) is 5.02. The molecule has 108 valence electrons. The van der Waals surface area contributed by atoms with Gasteiger partial charge in [0, 0.05) is 10.6 Å². The highest BCUT2D eigenvalue weighted by molar-refractivity contribution is 6.36. The summed E-state index contributed by atoms with van der Waals surface area (Å²) in [7, 11) is 0. The lowest BCUT2D eigenvalue weighted by molar-refractivity contribution is 0.0660. The first-order chi connectivity index (χ1) is 10.6. The molecule has 0 bridgehead atoms. The highest BCUT2D eigenvalue weighted by atomic mass is 35.5. The van der Waals surface area contributed by atoms with Gasteiger partial charge in [0.2, 0.25) is 5.78 Å². The zero-order valence-electron chi connectivity index (χ0n) is 11.2. The minimum absolute atomic E-state index is 0.281. The van der Waals surface area contributed by atoms with E-state index in [9.17, 15) is 14.4 Å². The third-order valence-electron chi connectivity index (χ3n) is 3.19. The molecular weight excluding hydrogens is 304 g/mol. The molecule has 1 aliphatic rings. The van der Waals surface area contributed by atoms with Crippen molar-refractivity contribution in [3.05, 3.63) is 70.2 Å². The quantitative estimate of drug-likeness (QED) is 0.497. The maximum Gasteiger partial charge on any atom is 0.282 e. The number of nitrogens with zero attached hydrogens (tertiary/aromatic N) is 2. The van der Waals surface area contributed by atoms with Gasteiger partial charge in [-0.2, -0.15) is 10.1 Å². The first-order valence-corrected chi connectivity index (χ1v) is 6.77. The molecular formula is C16H9ClN2O3. The minimum Gasteiger partial charge on any atom is -0.287 e. The molecule has 0 fully saturated rings. The van der Waals surface area contributed by atoms with Crippen LogP contribution in [0.4, 0.5) is 0 Å². The molecule has 6 heteroatoms. The Morgan fingerprint density at radius 2 is 1.50 bits per heavy atom. The van der Waals surface area contributed by atoms with Crippen LogP contribution in [0.3, 0.4) is 0 Å². The maximum absolute atomic E-state index is 12.1. The van der Waals surface area contributed by atoms with Crippen LogP contribution in [0.15, 0.2) is 53.6 Å². The van der Waals surface area contributed by atoms with E-state index >= 15 is 0 Å². The second-order valence-electron chi connectivity index (χ2n) is 4.58. The Balaban J connectivity index is 1.82. The molecule has 2 amide bonds. The average Bonchev–Trinajstić information content (AvgIpc) is 2.78. The molecule has 2 aromatic carbocycles. The number of Topliss-reactive ketones (excluding diaryl/α,β-unsaturated/α-hetero) is 1. The number of imide groups is 1. The monoisotopic (exact) mass is 312 g/mol. The van der Waals surface area contributed by atoms with Gasteiger partial charge >= 0.3 is 0 Å². The number of amides is 2. The van der Waals surface area contributed by atoms with E-state index in [0.29, 0.717) is 15.6 Å². The van der Waals surface area contributed by atoms with Crippen LogP contribution >= 0.6 is 11.6 Å². The van der Waals surface area contributed by atoms with Crippen molar-refractivity contribution in [1.82, 2.24) is 5.01 Å². The fourth-order valence-electron chi connectivity index (χ4n) is 2.08. The Labute approximate surface area is 130 Å². The molecule has 0 aliphatic carbocycles. The van der Waals surface area contributed by atoms with Gasteiger partial charge in [-0.3, -0.25) is 14.4 Å². The van der Waals surface area contributed by atoms with Crippen molar-refractivity contribution >= 4 is 35.4 Å². The zero-order valence-corrected chi connectivity index (χ0v) is 11.9. The van der Waals surface area contributed by atoms with E-state index in [1.807, 2.05) is 0 Å². The molecule has 0 atom stereocenters. The average molecular weight is 313 g/mol. The molecule has 0 aromatic heterocycles. The molecule has 5 nitrogen and oxygen atoms in total. The summed E-state index contributed by atoms with van der Waals surface area (Å²) in [5, 5.41) is 4.93. The standard InChI is InChI=1S/C16H9ClN2O3/c17-11-7-5-10(6-8-11)14(20)9-18-19-15(21)12-3-1-2-4-13(12)16(19)22/h1-9H/b18-9+.